The van der Waals surface area contributed by atoms with Gasteiger partial charge in [0.15, 0.2) is 11.5 Å². The van der Waals surface area contributed by atoms with Crippen molar-refractivity contribution in [2.75, 3.05) is 0 Å². The van der Waals surface area contributed by atoms with Crippen LogP contribution >= 0.6 is 0 Å². The molecule has 100 valence electrons. The smallest absolute Gasteiger partial charge is 0.185 e. The summed E-state index contributed by atoms with van der Waals surface area (Å²) in [5, 5.41) is 21.7. The average molecular weight is 267 g/mol. The number of carbonyl (C=O) groups is 1. The molecule has 1 aliphatic rings. The van der Waals surface area contributed by atoms with Crippen LogP contribution < -0.4 is 0 Å². The molecule has 0 unspecified atom stereocenters. The molecule has 2 aromatic carbocycles. The molecule has 0 bridgehead atoms. The number of phenols is 1. The molecule has 0 saturated carbocycles. The largest absolute Gasteiger partial charge is 0.508 e. The number of fused-ring (bicyclic) bond motifs is 1. The fourth-order valence-corrected chi connectivity index (χ4v) is 2.51. The number of aryl methyl sites for hydroxylation is 1. The molecule has 0 aromatic heterocycles. The summed E-state index contributed by atoms with van der Waals surface area (Å²) < 4.78 is 0. The van der Waals surface area contributed by atoms with Crippen LogP contribution in [-0.4, -0.2) is 21.8 Å². The number of nitrogens with zero attached hydrogens (tertiary/aromatic N) is 1. The summed E-state index contributed by atoms with van der Waals surface area (Å²) in [6, 6.07) is 12.6. The second kappa shape index (κ2) is 4.81. The number of phenolic OH excluding ortho intramolecular Hbond substituents is 1. The minimum atomic E-state index is -0.145. The van der Waals surface area contributed by atoms with Gasteiger partial charge < -0.3 is 10.3 Å². The highest BCUT2D eigenvalue weighted by molar-refractivity contribution is 6.47. The van der Waals surface area contributed by atoms with Crippen LogP contribution in [0.1, 0.15) is 17.5 Å². The lowest BCUT2D eigenvalue weighted by Crippen LogP contribution is -2.23. The number of benzene rings is 2. The van der Waals surface area contributed by atoms with E-state index in [1.54, 1.807) is 18.2 Å². The molecule has 4 nitrogen and oxygen atoms in total. The van der Waals surface area contributed by atoms with E-state index in [0.29, 0.717) is 18.4 Å². The number of hydrogen-bond acceptors (Lipinski definition) is 4. The summed E-state index contributed by atoms with van der Waals surface area (Å²) in [5.41, 5.74) is 3.51. The van der Waals surface area contributed by atoms with Crippen LogP contribution in [-0.2, 0) is 11.2 Å². The third kappa shape index (κ3) is 2.05. The van der Waals surface area contributed by atoms with E-state index in [-0.39, 0.29) is 17.2 Å². The number of aromatic hydroxyl groups is 1. The van der Waals surface area contributed by atoms with Gasteiger partial charge in [-0.15, -0.1) is 0 Å². The van der Waals surface area contributed by atoms with Crippen molar-refractivity contribution in [3.63, 3.8) is 0 Å². The van der Waals surface area contributed by atoms with Crippen molar-refractivity contribution in [3.8, 4) is 16.9 Å². The van der Waals surface area contributed by atoms with E-state index in [2.05, 4.69) is 5.16 Å². The lowest BCUT2D eigenvalue weighted by molar-refractivity contribution is -0.113. The number of hydrogen-bond donors (Lipinski definition) is 2. The fourth-order valence-electron chi connectivity index (χ4n) is 2.51. The van der Waals surface area contributed by atoms with Crippen molar-refractivity contribution in [2.24, 2.45) is 5.16 Å². The van der Waals surface area contributed by atoms with E-state index in [1.165, 1.54) is 0 Å². The Balaban J connectivity index is 2.13. The minimum absolute atomic E-state index is 0.119. The highest BCUT2D eigenvalue weighted by atomic mass is 16.4. The average Bonchev–Trinajstić information content (AvgIpc) is 2.46. The monoisotopic (exact) mass is 267 g/mol. The van der Waals surface area contributed by atoms with Gasteiger partial charge in [-0.1, -0.05) is 29.4 Å². The van der Waals surface area contributed by atoms with E-state index >= 15 is 0 Å². The minimum Gasteiger partial charge on any atom is -0.508 e. The van der Waals surface area contributed by atoms with Crippen molar-refractivity contribution < 1.29 is 15.1 Å². The Kier molecular flexibility index (Phi) is 2.99. The first-order valence-electron chi connectivity index (χ1n) is 6.37. The number of oxime groups is 1. The maximum atomic E-state index is 11.8. The Morgan fingerprint density at radius 1 is 1.00 bits per heavy atom. The van der Waals surface area contributed by atoms with E-state index < -0.39 is 0 Å². The highest BCUT2D eigenvalue weighted by Crippen LogP contribution is 2.28. The summed E-state index contributed by atoms with van der Waals surface area (Å²) in [6.45, 7) is 0. The molecule has 3 rings (SSSR count). The molecule has 4 heteroatoms. The van der Waals surface area contributed by atoms with Crippen molar-refractivity contribution in [1.82, 2.24) is 0 Å². The molecule has 20 heavy (non-hydrogen) atoms. The fraction of sp³-hybridized carbons (Fsp3) is 0.125. The maximum Gasteiger partial charge on any atom is 0.185 e. The lowest BCUT2D eigenvalue weighted by Gasteiger charge is -2.17. The molecule has 0 heterocycles. The summed E-state index contributed by atoms with van der Waals surface area (Å²) in [7, 11) is 0. The third-order valence-electron chi connectivity index (χ3n) is 3.53. The van der Waals surface area contributed by atoms with Crippen LogP contribution in [0, 0.1) is 0 Å². The SMILES string of the molecule is O=C1CCc2ccc(-c3cccc(O)c3)cc2/C1=N/O. The Hall–Kier alpha value is -2.62. The molecule has 0 amide bonds. The van der Waals surface area contributed by atoms with Gasteiger partial charge in [0.2, 0.25) is 0 Å². The molecule has 0 radical (unpaired) electrons. The summed E-state index contributed by atoms with van der Waals surface area (Å²) in [5.74, 6) is 0.0420. The van der Waals surface area contributed by atoms with Crippen molar-refractivity contribution in [2.45, 2.75) is 12.8 Å². The maximum absolute atomic E-state index is 11.8. The van der Waals surface area contributed by atoms with Crippen molar-refractivity contribution in [1.29, 1.82) is 0 Å². The van der Waals surface area contributed by atoms with Gasteiger partial charge in [-0.25, -0.2) is 0 Å². The molecule has 0 saturated heterocycles. The van der Waals surface area contributed by atoms with Gasteiger partial charge >= 0.3 is 0 Å². The first-order chi connectivity index (χ1) is 9.69. The normalized spacial score (nSPS) is 16.2. The van der Waals surface area contributed by atoms with Gasteiger partial charge in [-0.05, 0) is 41.3 Å². The summed E-state index contributed by atoms with van der Waals surface area (Å²) in [6.07, 6.45) is 1.03. The Morgan fingerprint density at radius 2 is 1.80 bits per heavy atom. The molecular weight excluding hydrogens is 254 g/mol. The molecule has 0 aliphatic heterocycles. The standard InChI is InChI=1S/C16H13NO3/c18-13-3-1-2-11(8-13)12-5-4-10-6-7-15(19)16(17-20)14(10)9-12/h1-5,8-9,18,20H,6-7H2/b17-16-. The Morgan fingerprint density at radius 3 is 2.55 bits per heavy atom. The first kappa shape index (κ1) is 12.4. The van der Waals surface area contributed by atoms with E-state index in [4.69, 9.17) is 5.21 Å². The predicted octanol–water partition coefficient (Wildman–Crippen LogP) is 2.75. The van der Waals surface area contributed by atoms with Crippen LogP contribution in [0.4, 0.5) is 0 Å². The predicted molar refractivity (Wildman–Crippen MR) is 75.2 cm³/mol. The zero-order chi connectivity index (χ0) is 14.1. The van der Waals surface area contributed by atoms with Gasteiger partial charge in [0.1, 0.15) is 5.75 Å². The molecule has 0 spiro atoms. The lowest BCUT2D eigenvalue weighted by atomic mass is 9.87. The molecule has 1 aliphatic carbocycles. The Bertz CT molecular complexity index is 719. The molecule has 2 aromatic rings. The van der Waals surface area contributed by atoms with Crippen LogP contribution in [0.15, 0.2) is 47.6 Å². The van der Waals surface area contributed by atoms with Gasteiger partial charge in [-0.2, -0.15) is 0 Å². The third-order valence-corrected chi connectivity index (χ3v) is 3.53. The topological polar surface area (TPSA) is 69.9 Å². The molecule has 0 atom stereocenters. The summed E-state index contributed by atoms with van der Waals surface area (Å²) in [4.78, 5) is 11.8. The van der Waals surface area contributed by atoms with E-state index in [9.17, 15) is 9.90 Å². The Labute approximate surface area is 116 Å². The number of rotatable bonds is 1. The quantitative estimate of drug-likeness (QED) is 0.616. The van der Waals surface area contributed by atoms with Crippen LogP contribution in [0.3, 0.4) is 0 Å². The van der Waals surface area contributed by atoms with Crippen LogP contribution in [0.5, 0.6) is 5.75 Å². The number of ketones is 1. The van der Waals surface area contributed by atoms with Crippen molar-refractivity contribution >= 4 is 11.5 Å². The van der Waals surface area contributed by atoms with Crippen molar-refractivity contribution in [3.05, 3.63) is 53.6 Å². The second-order valence-electron chi connectivity index (χ2n) is 4.79. The summed E-state index contributed by atoms with van der Waals surface area (Å²) >= 11 is 0. The van der Waals surface area contributed by atoms with E-state index in [1.807, 2.05) is 24.3 Å². The van der Waals surface area contributed by atoms with Gasteiger partial charge in [0, 0.05) is 12.0 Å². The molecule has 0 fully saturated rings. The van der Waals surface area contributed by atoms with Crippen LogP contribution in [0.25, 0.3) is 11.1 Å². The van der Waals surface area contributed by atoms with Gasteiger partial charge in [0.25, 0.3) is 0 Å². The van der Waals surface area contributed by atoms with Gasteiger partial charge in [0.05, 0.1) is 0 Å². The van der Waals surface area contributed by atoms with Gasteiger partial charge in [-0.3, -0.25) is 4.79 Å². The molecular formula is C16H13NO3. The number of Topliss-reactive ketones (excluding diaryl/α,β-unsaturated/α-hetero) is 1. The highest BCUT2D eigenvalue weighted by Gasteiger charge is 2.24. The zero-order valence-electron chi connectivity index (χ0n) is 10.7. The van der Waals surface area contributed by atoms with Crippen LogP contribution in [0.2, 0.25) is 0 Å². The second-order valence-corrected chi connectivity index (χ2v) is 4.79. The molecule has 2 N–H and O–H groups in total. The number of carbonyl (C=O) groups excluding carboxylic acids is 1. The first-order valence-corrected chi connectivity index (χ1v) is 6.37. The zero-order valence-corrected chi connectivity index (χ0v) is 10.7. The van der Waals surface area contributed by atoms with E-state index in [0.717, 1.165) is 16.7 Å².